The second-order valence-electron chi connectivity index (χ2n) is 7.78. The third-order valence-corrected chi connectivity index (χ3v) is 6.23. The molecule has 11 heteroatoms. The van der Waals surface area contributed by atoms with E-state index < -0.39 is 69.0 Å². The molecular formula is C22H18O11. The van der Waals surface area contributed by atoms with Crippen LogP contribution in [0, 0.1) is 6.92 Å². The number of aromatic hydroxyl groups is 2. The van der Waals surface area contributed by atoms with Gasteiger partial charge in [0.2, 0.25) is 28.6 Å². The van der Waals surface area contributed by atoms with Crippen molar-refractivity contribution < 1.29 is 54.2 Å². The van der Waals surface area contributed by atoms with Crippen molar-refractivity contribution in [2.45, 2.75) is 24.2 Å². The number of carbonyl (C=O) groups excluding carboxylic acids is 4. The fourth-order valence-corrected chi connectivity index (χ4v) is 4.53. The van der Waals surface area contributed by atoms with Crippen LogP contribution in [0.3, 0.4) is 0 Å². The lowest BCUT2D eigenvalue weighted by atomic mass is 9.60. The van der Waals surface area contributed by atoms with E-state index in [2.05, 4.69) is 4.74 Å². The summed E-state index contributed by atoms with van der Waals surface area (Å²) in [4.78, 5) is 51.5. The Hall–Kier alpha value is -3.80. The highest BCUT2D eigenvalue weighted by atomic mass is 16.5. The van der Waals surface area contributed by atoms with E-state index in [1.165, 1.54) is 6.92 Å². The minimum absolute atomic E-state index is 0.00735. The Morgan fingerprint density at radius 1 is 1.03 bits per heavy atom. The number of benzene rings is 2. The molecule has 4 rings (SSSR count). The standard InChI is InChI=1S/C22H18O11/c1-7-13-8(5-10(23)14(7)20(29)33-3)4-9-15(16(13)25)19(28)21(30)12(24)6-11(32-2)18(27)22(21,31)17(9)26/h4-6,12,23-25,30-31H,1-3H3/t12?,21-,22-/m1/s1. The number of hydrogen-bond donors (Lipinski definition) is 5. The van der Waals surface area contributed by atoms with Gasteiger partial charge in [0.25, 0.3) is 0 Å². The number of methoxy groups -OCH3 is 2. The lowest BCUT2D eigenvalue weighted by molar-refractivity contribution is -0.170. The van der Waals surface area contributed by atoms with E-state index in [-0.39, 0.29) is 21.9 Å². The van der Waals surface area contributed by atoms with E-state index in [0.717, 1.165) is 26.4 Å². The fraction of sp³-hybridized carbons (Fsp3) is 0.273. The summed E-state index contributed by atoms with van der Waals surface area (Å²) in [7, 11) is 2.09. The van der Waals surface area contributed by atoms with E-state index in [9.17, 15) is 44.7 Å². The molecule has 0 heterocycles. The summed E-state index contributed by atoms with van der Waals surface area (Å²) in [6.45, 7) is 1.34. The third kappa shape index (κ3) is 2.43. The van der Waals surface area contributed by atoms with Crippen LogP contribution in [0.2, 0.25) is 0 Å². The number of aliphatic hydroxyl groups is 3. The normalized spacial score (nSPS) is 26.5. The van der Waals surface area contributed by atoms with Gasteiger partial charge in [0.05, 0.1) is 19.8 Å². The lowest BCUT2D eigenvalue weighted by Gasteiger charge is -2.47. The number of carbonyl (C=O) groups is 4. The molecule has 2 aliphatic rings. The van der Waals surface area contributed by atoms with Crippen LogP contribution in [0.1, 0.15) is 36.6 Å². The summed E-state index contributed by atoms with van der Waals surface area (Å²) in [5, 5.41) is 53.7. The van der Waals surface area contributed by atoms with Gasteiger partial charge < -0.3 is 35.0 Å². The predicted molar refractivity (Wildman–Crippen MR) is 108 cm³/mol. The quantitative estimate of drug-likeness (QED) is 0.293. The van der Waals surface area contributed by atoms with Crippen LogP contribution in [0.5, 0.6) is 11.5 Å². The van der Waals surface area contributed by atoms with Gasteiger partial charge in [0.1, 0.15) is 23.2 Å². The van der Waals surface area contributed by atoms with Gasteiger partial charge in [-0.25, -0.2) is 4.79 Å². The molecule has 0 aliphatic heterocycles. The Balaban J connectivity index is 2.12. The van der Waals surface area contributed by atoms with E-state index in [4.69, 9.17) is 4.74 Å². The lowest BCUT2D eigenvalue weighted by Crippen LogP contribution is -2.76. The highest BCUT2D eigenvalue weighted by Crippen LogP contribution is 2.49. The molecular weight excluding hydrogens is 440 g/mol. The number of aliphatic hydroxyl groups excluding tert-OH is 1. The zero-order valence-electron chi connectivity index (χ0n) is 17.5. The molecule has 0 saturated heterocycles. The Bertz CT molecular complexity index is 1340. The van der Waals surface area contributed by atoms with Crippen molar-refractivity contribution in [2.75, 3.05) is 14.2 Å². The smallest absolute Gasteiger partial charge is 0.341 e. The van der Waals surface area contributed by atoms with Crippen LogP contribution in [-0.2, 0) is 14.3 Å². The van der Waals surface area contributed by atoms with Crippen molar-refractivity contribution in [3.8, 4) is 11.5 Å². The van der Waals surface area contributed by atoms with Gasteiger partial charge in [0.15, 0.2) is 5.76 Å². The highest BCUT2D eigenvalue weighted by Gasteiger charge is 2.73. The van der Waals surface area contributed by atoms with Gasteiger partial charge in [-0.1, -0.05) is 0 Å². The van der Waals surface area contributed by atoms with E-state index in [0.29, 0.717) is 6.08 Å². The molecule has 0 saturated carbocycles. The van der Waals surface area contributed by atoms with Crippen molar-refractivity contribution >= 4 is 34.1 Å². The molecule has 0 spiro atoms. The van der Waals surface area contributed by atoms with Crippen LogP contribution in [0.4, 0.5) is 0 Å². The van der Waals surface area contributed by atoms with Gasteiger partial charge in [-0.15, -0.1) is 0 Å². The topological polar surface area (TPSA) is 188 Å². The van der Waals surface area contributed by atoms with Crippen LogP contribution >= 0.6 is 0 Å². The monoisotopic (exact) mass is 458 g/mol. The number of Topliss-reactive ketones (excluding diaryl/α,β-unsaturated/α-hetero) is 3. The maximum absolute atomic E-state index is 13.3. The molecule has 1 unspecified atom stereocenters. The Morgan fingerprint density at radius 2 is 1.67 bits per heavy atom. The minimum Gasteiger partial charge on any atom is -0.507 e. The molecule has 11 nitrogen and oxygen atoms in total. The largest absolute Gasteiger partial charge is 0.507 e. The first-order chi connectivity index (χ1) is 15.4. The second-order valence-corrected chi connectivity index (χ2v) is 7.78. The van der Waals surface area contributed by atoms with Crippen molar-refractivity contribution in [3.05, 3.63) is 46.2 Å². The molecule has 2 aliphatic carbocycles. The number of ketones is 3. The van der Waals surface area contributed by atoms with Gasteiger partial charge in [-0.2, -0.15) is 0 Å². The molecule has 3 atom stereocenters. The number of rotatable bonds is 2. The number of ether oxygens (including phenoxy) is 2. The fourth-order valence-electron chi connectivity index (χ4n) is 4.53. The summed E-state index contributed by atoms with van der Waals surface area (Å²) in [5.41, 5.74) is -8.54. The summed E-state index contributed by atoms with van der Waals surface area (Å²) in [6.07, 6.45) is -1.58. The van der Waals surface area contributed by atoms with E-state index in [1.807, 2.05) is 0 Å². The molecule has 0 fully saturated rings. The molecule has 0 bridgehead atoms. The Labute approximate surface area is 185 Å². The zero-order valence-corrected chi connectivity index (χ0v) is 17.5. The van der Waals surface area contributed by atoms with Crippen LogP contribution in [-0.4, -0.2) is 80.4 Å². The van der Waals surface area contributed by atoms with Crippen molar-refractivity contribution in [1.29, 1.82) is 0 Å². The summed E-state index contributed by atoms with van der Waals surface area (Å²) >= 11 is 0. The summed E-state index contributed by atoms with van der Waals surface area (Å²) in [6, 6.07) is 2.04. The first-order valence-electron chi connectivity index (χ1n) is 9.51. The Morgan fingerprint density at radius 3 is 2.24 bits per heavy atom. The molecule has 2 aromatic rings. The predicted octanol–water partition coefficient (Wildman–Crippen LogP) is -0.339. The first-order valence-corrected chi connectivity index (χ1v) is 9.51. The number of phenolic OH excluding ortho intramolecular Hbond substituents is 2. The third-order valence-electron chi connectivity index (χ3n) is 6.23. The number of hydrogen-bond acceptors (Lipinski definition) is 11. The molecule has 0 amide bonds. The van der Waals surface area contributed by atoms with Crippen LogP contribution < -0.4 is 0 Å². The number of fused-ring (bicyclic) bond motifs is 3. The average molecular weight is 458 g/mol. The van der Waals surface area contributed by atoms with E-state index in [1.54, 1.807) is 0 Å². The van der Waals surface area contributed by atoms with Gasteiger partial charge >= 0.3 is 5.97 Å². The molecule has 33 heavy (non-hydrogen) atoms. The van der Waals surface area contributed by atoms with Crippen molar-refractivity contribution in [1.82, 2.24) is 0 Å². The molecule has 5 N–H and O–H groups in total. The van der Waals surface area contributed by atoms with Crippen LogP contribution in [0.25, 0.3) is 10.8 Å². The van der Waals surface area contributed by atoms with Crippen LogP contribution in [0.15, 0.2) is 24.0 Å². The zero-order chi connectivity index (χ0) is 24.6. The minimum atomic E-state index is -3.44. The van der Waals surface area contributed by atoms with Crippen molar-refractivity contribution in [2.24, 2.45) is 0 Å². The summed E-state index contributed by atoms with van der Waals surface area (Å²) < 4.78 is 9.39. The summed E-state index contributed by atoms with van der Waals surface area (Å²) in [5.74, 6) is -7.44. The number of aryl methyl sites for hydroxylation is 1. The maximum Gasteiger partial charge on any atom is 0.341 e. The SMILES string of the molecule is COC(=O)c1c(O)cc2cc3c(c(O)c2c1C)C(=O)[C@]1(O)C(O)C=C(OC)C(=O)[C@]1(O)C3=O. The Kier molecular flexibility index (Phi) is 4.65. The average Bonchev–Trinajstić information content (AvgIpc) is 2.77. The molecule has 2 aromatic carbocycles. The molecule has 0 radical (unpaired) electrons. The van der Waals surface area contributed by atoms with Gasteiger partial charge in [0, 0.05) is 10.9 Å². The first kappa shape index (κ1) is 22.4. The van der Waals surface area contributed by atoms with E-state index >= 15 is 0 Å². The second kappa shape index (κ2) is 6.85. The van der Waals surface area contributed by atoms with Crippen molar-refractivity contribution in [3.63, 3.8) is 0 Å². The molecule has 0 aromatic heterocycles. The van der Waals surface area contributed by atoms with Gasteiger partial charge in [-0.05, 0) is 36.1 Å². The molecule has 172 valence electrons. The highest BCUT2D eigenvalue weighted by molar-refractivity contribution is 6.35. The number of phenols is 2. The number of esters is 1. The van der Waals surface area contributed by atoms with Gasteiger partial charge in [-0.3, -0.25) is 14.4 Å². The maximum atomic E-state index is 13.3.